The summed E-state index contributed by atoms with van der Waals surface area (Å²) in [6.45, 7) is 4.10. The molecular weight excluding hydrogens is 218 g/mol. The molecule has 0 aliphatic rings. The van der Waals surface area contributed by atoms with Crippen LogP contribution in [0.25, 0.3) is 0 Å². The number of methoxy groups -OCH3 is 1. The lowest BCUT2D eigenvalue weighted by atomic mass is 10.2. The molecule has 0 radical (unpaired) electrons. The van der Waals surface area contributed by atoms with Gasteiger partial charge in [0.2, 0.25) is 0 Å². The molecule has 17 heavy (non-hydrogen) atoms. The predicted molar refractivity (Wildman–Crippen MR) is 67.2 cm³/mol. The van der Waals surface area contributed by atoms with Crippen molar-refractivity contribution in [3.63, 3.8) is 0 Å². The van der Waals surface area contributed by atoms with Crippen molar-refractivity contribution in [2.45, 2.75) is 32.8 Å². The molecule has 1 aromatic carbocycles. The molecule has 4 heteroatoms. The molecule has 1 atom stereocenters. The van der Waals surface area contributed by atoms with E-state index in [1.165, 1.54) is 7.11 Å². The fourth-order valence-electron chi connectivity index (χ4n) is 1.58. The second-order valence-electron chi connectivity index (χ2n) is 3.96. The predicted octanol–water partition coefficient (Wildman–Crippen LogP) is 2.62. The molecule has 4 nitrogen and oxygen atoms in total. The lowest BCUT2D eigenvalue weighted by Gasteiger charge is -2.15. The van der Waals surface area contributed by atoms with Gasteiger partial charge < -0.3 is 15.2 Å². The van der Waals surface area contributed by atoms with Gasteiger partial charge in [0.05, 0.1) is 24.5 Å². The number of benzene rings is 1. The van der Waals surface area contributed by atoms with Crippen molar-refractivity contribution in [2.24, 2.45) is 0 Å². The molecule has 0 saturated heterocycles. The maximum Gasteiger partial charge on any atom is 0.337 e. The Bertz CT molecular complexity index is 390. The van der Waals surface area contributed by atoms with E-state index in [2.05, 4.69) is 11.7 Å². The molecular formula is C13H19NO3. The van der Waals surface area contributed by atoms with Crippen molar-refractivity contribution in [1.29, 1.82) is 0 Å². The fraction of sp³-hybridized carbons (Fsp3) is 0.462. The van der Waals surface area contributed by atoms with Crippen molar-refractivity contribution in [3.8, 4) is 5.75 Å². The van der Waals surface area contributed by atoms with Gasteiger partial charge in [0.15, 0.2) is 0 Å². The number of esters is 1. The van der Waals surface area contributed by atoms with Gasteiger partial charge in [0.1, 0.15) is 5.75 Å². The Kier molecular flexibility index (Phi) is 4.82. The zero-order valence-corrected chi connectivity index (χ0v) is 10.5. The summed E-state index contributed by atoms with van der Waals surface area (Å²) < 4.78 is 10.3. The molecule has 1 aromatic rings. The number of hydrogen-bond acceptors (Lipinski definition) is 4. The van der Waals surface area contributed by atoms with Gasteiger partial charge in [-0.2, -0.15) is 0 Å². The minimum atomic E-state index is -0.398. The first-order valence-electron chi connectivity index (χ1n) is 5.73. The van der Waals surface area contributed by atoms with Crippen LogP contribution in [0, 0.1) is 0 Å². The highest BCUT2D eigenvalue weighted by Gasteiger charge is 2.10. The fourth-order valence-corrected chi connectivity index (χ4v) is 1.58. The molecule has 0 aliphatic carbocycles. The number of nitrogen functional groups attached to an aromatic ring is 1. The van der Waals surface area contributed by atoms with Crippen molar-refractivity contribution in [2.75, 3.05) is 12.8 Å². The van der Waals surface area contributed by atoms with Crippen molar-refractivity contribution < 1.29 is 14.3 Å². The van der Waals surface area contributed by atoms with Crippen molar-refractivity contribution in [1.82, 2.24) is 0 Å². The molecule has 0 saturated carbocycles. The first-order chi connectivity index (χ1) is 8.08. The van der Waals surface area contributed by atoms with E-state index >= 15 is 0 Å². The summed E-state index contributed by atoms with van der Waals surface area (Å²) in [4.78, 5) is 11.3. The largest absolute Gasteiger partial charge is 0.489 e. The SMILES string of the molecule is CCCC(C)Oc1ccc(C(=O)OC)cc1N. The summed E-state index contributed by atoms with van der Waals surface area (Å²) in [7, 11) is 1.34. The molecule has 94 valence electrons. The number of rotatable bonds is 5. The summed E-state index contributed by atoms with van der Waals surface area (Å²) in [5.41, 5.74) is 6.71. The Balaban J connectivity index is 2.79. The van der Waals surface area contributed by atoms with Crippen LogP contribution < -0.4 is 10.5 Å². The number of hydrogen-bond donors (Lipinski definition) is 1. The molecule has 0 spiro atoms. The van der Waals surface area contributed by atoms with E-state index in [0.717, 1.165) is 12.8 Å². The normalized spacial score (nSPS) is 11.9. The lowest BCUT2D eigenvalue weighted by Crippen LogP contribution is -2.12. The second-order valence-corrected chi connectivity index (χ2v) is 3.96. The van der Waals surface area contributed by atoms with Crippen LogP contribution in [0.5, 0.6) is 5.75 Å². The third kappa shape index (κ3) is 3.66. The van der Waals surface area contributed by atoms with Crippen LogP contribution in [-0.2, 0) is 4.74 Å². The lowest BCUT2D eigenvalue weighted by molar-refractivity contribution is 0.0601. The van der Waals surface area contributed by atoms with Gasteiger partial charge in [-0.3, -0.25) is 0 Å². The minimum Gasteiger partial charge on any atom is -0.489 e. The molecule has 0 aliphatic heterocycles. The quantitative estimate of drug-likeness (QED) is 0.631. The van der Waals surface area contributed by atoms with Gasteiger partial charge in [0, 0.05) is 0 Å². The standard InChI is InChI=1S/C13H19NO3/c1-4-5-9(2)17-12-7-6-10(8-11(12)14)13(15)16-3/h6-9H,4-5,14H2,1-3H3. The van der Waals surface area contributed by atoms with Crippen LogP contribution in [0.4, 0.5) is 5.69 Å². The first-order valence-corrected chi connectivity index (χ1v) is 5.73. The highest BCUT2D eigenvalue weighted by atomic mass is 16.5. The Morgan fingerprint density at radius 1 is 1.47 bits per heavy atom. The van der Waals surface area contributed by atoms with Gasteiger partial charge >= 0.3 is 5.97 Å². The summed E-state index contributed by atoms with van der Waals surface area (Å²) >= 11 is 0. The molecule has 0 amide bonds. The monoisotopic (exact) mass is 237 g/mol. The van der Waals surface area contributed by atoms with Gasteiger partial charge in [-0.15, -0.1) is 0 Å². The highest BCUT2D eigenvalue weighted by molar-refractivity contribution is 5.90. The van der Waals surface area contributed by atoms with Crippen LogP contribution in [0.3, 0.4) is 0 Å². The maximum atomic E-state index is 11.3. The molecule has 1 unspecified atom stereocenters. The number of ether oxygens (including phenoxy) is 2. The van der Waals surface area contributed by atoms with Crippen molar-refractivity contribution >= 4 is 11.7 Å². The van der Waals surface area contributed by atoms with Crippen LogP contribution in [0.2, 0.25) is 0 Å². The Morgan fingerprint density at radius 2 is 2.18 bits per heavy atom. The summed E-state index contributed by atoms with van der Waals surface area (Å²) in [6.07, 6.45) is 2.14. The molecule has 0 aromatic heterocycles. The van der Waals surface area contributed by atoms with Crippen LogP contribution in [0.1, 0.15) is 37.0 Å². The van der Waals surface area contributed by atoms with Gasteiger partial charge in [-0.1, -0.05) is 13.3 Å². The van der Waals surface area contributed by atoms with Gasteiger partial charge in [-0.05, 0) is 31.5 Å². The third-order valence-corrected chi connectivity index (χ3v) is 2.45. The van der Waals surface area contributed by atoms with Crippen LogP contribution in [-0.4, -0.2) is 19.2 Å². The zero-order valence-electron chi connectivity index (χ0n) is 10.5. The number of nitrogens with two attached hydrogens (primary N) is 1. The zero-order chi connectivity index (χ0) is 12.8. The minimum absolute atomic E-state index is 0.117. The first kappa shape index (κ1) is 13.4. The molecule has 1 rings (SSSR count). The van der Waals surface area contributed by atoms with E-state index in [4.69, 9.17) is 10.5 Å². The smallest absolute Gasteiger partial charge is 0.337 e. The van der Waals surface area contributed by atoms with E-state index in [-0.39, 0.29) is 6.10 Å². The number of carbonyl (C=O) groups is 1. The molecule has 0 bridgehead atoms. The van der Waals surface area contributed by atoms with Gasteiger partial charge in [0.25, 0.3) is 0 Å². The average molecular weight is 237 g/mol. The molecule has 0 heterocycles. The van der Waals surface area contributed by atoms with E-state index in [9.17, 15) is 4.79 Å². The summed E-state index contributed by atoms with van der Waals surface area (Å²) in [6, 6.07) is 4.92. The van der Waals surface area contributed by atoms with E-state index in [0.29, 0.717) is 17.0 Å². The highest BCUT2D eigenvalue weighted by Crippen LogP contribution is 2.24. The van der Waals surface area contributed by atoms with Gasteiger partial charge in [-0.25, -0.2) is 4.79 Å². The summed E-state index contributed by atoms with van der Waals surface area (Å²) in [5, 5.41) is 0. The molecule has 2 N–H and O–H groups in total. The Morgan fingerprint density at radius 3 is 2.71 bits per heavy atom. The summed E-state index contributed by atoms with van der Waals surface area (Å²) in [5.74, 6) is 0.212. The topological polar surface area (TPSA) is 61.5 Å². The number of anilines is 1. The number of carbonyl (C=O) groups excluding carboxylic acids is 1. The van der Waals surface area contributed by atoms with Crippen LogP contribution >= 0.6 is 0 Å². The second kappa shape index (κ2) is 6.13. The van der Waals surface area contributed by atoms with E-state index in [1.807, 2.05) is 6.92 Å². The Hall–Kier alpha value is -1.71. The van der Waals surface area contributed by atoms with E-state index in [1.54, 1.807) is 18.2 Å². The maximum absolute atomic E-state index is 11.3. The van der Waals surface area contributed by atoms with Crippen LogP contribution in [0.15, 0.2) is 18.2 Å². The Labute approximate surface area is 102 Å². The third-order valence-electron chi connectivity index (χ3n) is 2.45. The van der Waals surface area contributed by atoms with Crippen molar-refractivity contribution in [3.05, 3.63) is 23.8 Å². The average Bonchev–Trinajstić information content (AvgIpc) is 2.31. The van der Waals surface area contributed by atoms with E-state index < -0.39 is 5.97 Å². The molecule has 0 fully saturated rings.